The third-order valence-corrected chi connectivity index (χ3v) is 2.00. The molecule has 0 aliphatic carbocycles. The van der Waals surface area contributed by atoms with E-state index in [1.54, 1.807) is 0 Å². The number of morpholine rings is 1. The van der Waals surface area contributed by atoms with Gasteiger partial charge in [-0.3, -0.25) is 4.90 Å². The van der Waals surface area contributed by atoms with E-state index in [-0.39, 0.29) is 1.43 Å². The van der Waals surface area contributed by atoms with Crippen LogP contribution in [0.3, 0.4) is 0 Å². The van der Waals surface area contributed by atoms with Gasteiger partial charge in [-0.05, 0) is 26.6 Å². The van der Waals surface area contributed by atoms with E-state index in [4.69, 9.17) is 4.74 Å². The summed E-state index contributed by atoms with van der Waals surface area (Å²) >= 11 is 0. The normalized spacial score (nSPS) is 17.4. The van der Waals surface area contributed by atoms with Crippen molar-refractivity contribution in [3.05, 3.63) is 0 Å². The van der Waals surface area contributed by atoms with E-state index in [1.165, 1.54) is 19.4 Å². The van der Waals surface area contributed by atoms with Gasteiger partial charge < -0.3 is 10.1 Å². The Morgan fingerprint density at radius 1 is 1.29 bits per heavy atom. The fourth-order valence-electron chi connectivity index (χ4n) is 1.30. The van der Waals surface area contributed by atoms with Crippen LogP contribution in [0.5, 0.6) is 0 Å². The first kappa shape index (κ1) is 13.9. The third-order valence-electron chi connectivity index (χ3n) is 2.00. The first-order valence-electron chi connectivity index (χ1n) is 5.79. The fourth-order valence-corrected chi connectivity index (χ4v) is 1.30. The Labute approximate surface area is 90.3 Å². The highest BCUT2D eigenvalue weighted by molar-refractivity contribution is 4.61. The van der Waals surface area contributed by atoms with Crippen LogP contribution < -0.4 is 5.32 Å². The van der Waals surface area contributed by atoms with Gasteiger partial charge in [-0.1, -0.05) is 20.3 Å². The van der Waals surface area contributed by atoms with E-state index in [9.17, 15) is 0 Å². The van der Waals surface area contributed by atoms with E-state index in [0.29, 0.717) is 0 Å². The van der Waals surface area contributed by atoms with Crippen LogP contribution in [-0.2, 0) is 4.74 Å². The molecule has 1 aliphatic heterocycles. The molecule has 14 heavy (non-hydrogen) atoms. The first-order chi connectivity index (χ1) is 6.85. The molecule has 0 amide bonds. The molecule has 88 valence electrons. The summed E-state index contributed by atoms with van der Waals surface area (Å²) in [7, 11) is 2.00. The minimum Gasteiger partial charge on any atom is -0.379 e. The van der Waals surface area contributed by atoms with Gasteiger partial charge >= 0.3 is 0 Å². The average molecular weight is 204 g/mol. The van der Waals surface area contributed by atoms with Crippen molar-refractivity contribution in [3.8, 4) is 0 Å². The van der Waals surface area contributed by atoms with Gasteiger partial charge in [-0.25, -0.2) is 0 Å². The molecular weight excluding hydrogens is 176 g/mol. The van der Waals surface area contributed by atoms with Crippen molar-refractivity contribution in [1.82, 2.24) is 10.2 Å². The van der Waals surface area contributed by atoms with Crippen LogP contribution in [0, 0.1) is 0 Å². The van der Waals surface area contributed by atoms with Crippen molar-refractivity contribution in [1.29, 1.82) is 0 Å². The molecular formula is C11H28N2O. The number of nitrogens with one attached hydrogen (secondary N) is 1. The molecule has 0 radical (unpaired) electrons. The Hall–Kier alpha value is -0.120. The number of hydrogen-bond acceptors (Lipinski definition) is 3. The van der Waals surface area contributed by atoms with E-state index >= 15 is 0 Å². The summed E-state index contributed by atoms with van der Waals surface area (Å²) in [6, 6.07) is 0. The van der Waals surface area contributed by atoms with Crippen LogP contribution in [-0.4, -0.2) is 51.3 Å². The van der Waals surface area contributed by atoms with Crippen LogP contribution in [0.15, 0.2) is 0 Å². The third kappa shape index (κ3) is 8.48. The topological polar surface area (TPSA) is 24.5 Å². The molecule has 0 atom stereocenters. The smallest absolute Gasteiger partial charge is 0.0594 e. The van der Waals surface area contributed by atoms with E-state index in [2.05, 4.69) is 24.1 Å². The lowest BCUT2D eigenvalue weighted by Gasteiger charge is -2.26. The lowest BCUT2D eigenvalue weighted by Crippen LogP contribution is -2.37. The van der Waals surface area contributed by atoms with Crippen molar-refractivity contribution in [2.75, 3.05) is 46.4 Å². The molecule has 0 aromatic heterocycles. The average Bonchev–Trinajstić information content (AvgIpc) is 2.21. The summed E-state index contributed by atoms with van der Waals surface area (Å²) in [6.07, 6.45) is 2.50. The number of ether oxygens (including phenoxy) is 1. The molecule has 1 fully saturated rings. The van der Waals surface area contributed by atoms with Crippen LogP contribution in [0.1, 0.15) is 28.1 Å². The van der Waals surface area contributed by atoms with Gasteiger partial charge in [0.05, 0.1) is 13.2 Å². The maximum Gasteiger partial charge on any atom is 0.0594 e. The van der Waals surface area contributed by atoms with Gasteiger partial charge in [-0.15, -0.1) is 0 Å². The Morgan fingerprint density at radius 3 is 2.36 bits per heavy atom. The minimum atomic E-state index is 0. The van der Waals surface area contributed by atoms with Gasteiger partial charge in [-0.2, -0.15) is 0 Å². The Kier molecular flexibility index (Phi) is 10.9. The quantitative estimate of drug-likeness (QED) is 0.704. The van der Waals surface area contributed by atoms with Crippen molar-refractivity contribution >= 4 is 0 Å². The standard InChI is InChI=1S/C8H18N2O.C3H8.H2/c1-9-3-2-4-10-5-7-11-8-6-10;1-3-2;/h9H,2-8H2,1H3;3H2,1-2H3;1H. The molecule has 1 rings (SSSR count). The van der Waals surface area contributed by atoms with Crippen LogP contribution in [0.4, 0.5) is 0 Å². The van der Waals surface area contributed by atoms with Crippen molar-refractivity contribution in [3.63, 3.8) is 0 Å². The molecule has 0 saturated carbocycles. The maximum absolute atomic E-state index is 5.25. The van der Waals surface area contributed by atoms with Crippen molar-refractivity contribution in [2.45, 2.75) is 26.7 Å². The Balaban J connectivity index is 0. The molecule has 0 aromatic rings. The highest BCUT2D eigenvalue weighted by Gasteiger charge is 2.08. The molecule has 1 heterocycles. The molecule has 0 aromatic carbocycles. The van der Waals surface area contributed by atoms with E-state index < -0.39 is 0 Å². The second-order valence-corrected chi connectivity index (χ2v) is 3.62. The second kappa shape index (κ2) is 11.0. The van der Waals surface area contributed by atoms with E-state index in [1.807, 2.05) is 7.05 Å². The molecule has 0 spiro atoms. The summed E-state index contributed by atoms with van der Waals surface area (Å²) in [4.78, 5) is 2.46. The summed E-state index contributed by atoms with van der Waals surface area (Å²) in [5.41, 5.74) is 0. The zero-order chi connectivity index (χ0) is 10.6. The molecule has 3 heteroatoms. The Morgan fingerprint density at radius 2 is 1.86 bits per heavy atom. The van der Waals surface area contributed by atoms with Crippen LogP contribution in [0.2, 0.25) is 0 Å². The SMILES string of the molecule is CCC.CNCCCN1CCOCC1.[HH]. The highest BCUT2D eigenvalue weighted by Crippen LogP contribution is 1.96. The molecule has 1 saturated heterocycles. The monoisotopic (exact) mass is 204 g/mol. The second-order valence-electron chi connectivity index (χ2n) is 3.62. The lowest BCUT2D eigenvalue weighted by molar-refractivity contribution is 0.0375. The van der Waals surface area contributed by atoms with Gasteiger partial charge in [0, 0.05) is 14.5 Å². The Bertz CT molecular complexity index is 109. The summed E-state index contributed by atoms with van der Waals surface area (Å²) < 4.78 is 5.25. The number of hydrogen-bond donors (Lipinski definition) is 1. The number of nitrogens with zero attached hydrogens (tertiary/aromatic N) is 1. The summed E-state index contributed by atoms with van der Waals surface area (Å²) in [5.74, 6) is 0. The zero-order valence-corrected chi connectivity index (χ0v) is 10.0. The van der Waals surface area contributed by atoms with Gasteiger partial charge in [0.1, 0.15) is 0 Å². The zero-order valence-electron chi connectivity index (χ0n) is 10.0. The van der Waals surface area contributed by atoms with Gasteiger partial charge in [0.25, 0.3) is 0 Å². The largest absolute Gasteiger partial charge is 0.379 e. The van der Waals surface area contributed by atoms with E-state index in [0.717, 1.165) is 32.8 Å². The predicted molar refractivity (Wildman–Crippen MR) is 63.9 cm³/mol. The lowest BCUT2D eigenvalue weighted by atomic mass is 10.3. The van der Waals surface area contributed by atoms with Crippen molar-refractivity contribution < 1.29 is 6.16 Å². The molecule has 1 aliphatic rings. The summed E-state index contributed by atoms with van der Waals surface area (Å²) in [5, 5.41) is 3.15. The van der Waals surface area contributed by atoms with Crippen LogP contribution >= 0.6 is 0 Å². The highest BCUT2D eigenvalue weighted by atomic mass is 16.5. The first-order valence-corrected chi connectivity index (χ1v) is 5.79. The number of rotatable bonds is 4. The molecule has 0 bridgehead atoms. The minimum absolute atomic E-state index is 0. The van der Waals surface area contributed by atoms with Crippen LogP contribution in [0.25, 0.3) is 0 Å². The molecule has 1 N–H and O–H groups in total. The fraction of sp³-hybridized carbons (Fsp3) is 1.00. The van der Waals surface area contributed by atoms with Crippen molar-refractivity contribution in [2.24, 2.45) is 0 Å². The van der Waals surface area contributed by atoms with Gasteiger partial charge in [0.2, 0.25) is 0 Å². The maximum atomic E-state index is 5.25. The van der Waals surface area contributed by atoms with Gasteiger partial charge in [0.15, 0.2) is 0 Å². The molecule has 0 unspecified atom stereocenters. The summed E-state index contributed by atoms with van der Waals surface area (Å²) in [6.45, 7) is 10.6. The molecule has 3 nitrogen and oxygen atoms in total. The predicted octanol–water partition coefficient (Wildman–Crippen LogP) is 1.59.